The van der Waals surface area contributed by atoms with E-state index in [4.69, 9.17) is 15.7 Å². The molecule has 0 spiro atoms. The van der Waals surface area contributed by atoms with E-state index in [0.717, 1.165) is 25.3 Å². The minimum Gasteiger partial charge on any atom is -0.409 e. The van der Waals surface area contributed by atoms with Crippen molar-refractivity contribution in [1.29, 1.82) is 0 Å². The molecule has 1 aliphatic heterocycles. The summed E-state index contributed by atoms with van der Waals surface area (Å²) in [6, 6.07) is 8.21. The van der Waals surface area contributed by atoms with Gasteiger partial charge in [-0.05, 0) is 19.4 Å². The Balaban J connectivity index is 2.03. The molecule has 1 fully saturated rings. The zero-order chi connectivity index (χ0) is 13.8. The van der Waals surface area contributed by atoms with E-state index >= 15 is 0 Å². The van der Waals surface area contributed by atoms with Gasteiger partial charge in [0.25, 0.3) is 0 Å². The average molecular weight is 263 g/mol. The number of hydrogen-bond acceptors (Lipinski definition) is 4. The number of nitrogens with zero attached hydrogens (tertiary/aromatic N) is 2. The van der Waals surface area contributed by atoms with Crippen molar-refractivity contribution in [2.24, 2.45) is 10.9 Å². The predicted octanol–water partition coefficient (Wildman–Crippen LogP) is 1.39. The average Bonchev–Trinajstić information content (AvgIpc) is 2.43. The van der Waals surface area contributed by atoms with Crippen molar-refractivity contribution in [1.82, 2.24) is 4.90 Å². The zero-order valence-electron chi connectivity index (χ0n) is 11.4. The number of rotatable bonds is 3. The summed E-state index contributed by atoms with van der Waals surface area (Å²) in [5.74, 6) is 0.139. The van der Waals surface area contributed by atoms with Gasteiger partial charge in [0.1, 0.15) is 0 Å². The zero-order valence-corrected chi connectivity index (χ0v) is 11.4. The fourth-order valence-corrected chi connectivity index (χ4v) is 2.27. The Hall–Kier alpha value is -1.59. The predicted molar refractivity (Wildman–Crippen MR) is 74.2 cm³/mol. The number of benzene rings is 1. The van der Waals surface area contributed by atoms with Gasteiger partial charge in [0, 0.05) is 24.7 Å². The van der Waals surface area contributed by atoms with Crippen molar-refractivity contribution in [3.63, 3.8) is 0 Å². The van der Waals surface area contributed by atoms with E-state index in [-0.39, 0.29) is 11.9 Å². The molecule has 2 unspecified atom stereocenters. The van der Waals surface area contributed by atoms with Crippen LogP contribution in [0.25, 0.3) is 0 Å². The maximum atomic E-state index is 8.62. The number of ether oxygens (including phenoxy) is 1. The molecule has 2 rings (SSSR count). The molecular weight excluding hydrogens is 242 g/mol. The molecule has 2 atom stereocenters. The Labute approximate surface area is 113 Å². The first-order chi connectivity index (χ1) is 9.10. The third-order valence-electron chi connectivity index (χ3n) is 3.48. The monoisotopic (exact) mass is 263 g/mol. The highest BCUT2D eigenvalue weighted by Crippen LogP contribution is 2.15. The molecule has 0 radical (unpaired) electrons. The molecule has 104 valence electrons. The molecule has 5 heteroatoms. The molecule has 0 amide bonds. The van der Waals surface area contributed by atoms with Crippen LogP contribution in [0.1, 0.15) is 25.0 Å². The molecule has 1 saturated heterocycles. The summed E-state index contributed by atoms with van der Waals surface area (Å²) in [7, 11) is 0. The molecule has 0 saturated carbocycles. The fraction of sp³-hybridized carbons (Fsp3) is 0.500. The van der Waals surface area contributed by atoms with E-state index in [1.54, 1.807) is 0 Å². The lowest BCUT2D eigenvalue weighted by Crippen LogP contribution is -2.46. The topological polar surface area (TPSA) is 71.1 Å². The van der Waals surface area contributed by atoms with Crippen molar-refractivity contribution >= 4 is 5.84 Å². The summed E-state index contributed by atoms with van der Waals surface area (Å²) < 4.78 is 5.62. The molecule has 0 aromatic heterocycles. The van der Waals surface area contributed by atoms with E-state index in [9.17, 15) is 0 Å². The number of hydrogen-bond donors (Lipinski definition) is 2. The van der Waals surface area contributed by atoms with Crippen molar-refractivity contribution in [3.05, 3.63) is 35.4 Å². The Bertz CT molecular complexity index is 445. The first kappa shape index (κ1) is 13.8. The fourth-order valence-electron chi connectivity index (χ4n) is 2.27. The highest BCUT2D eigenvalue weighted by atomic mass is 16.5. The van der Waals surface area contributed by atoms with Gasteiger partial charge in [0.05, 0.1) is 12.7 Å². The quantitative estimate of drug-likeness (QED) is 0.374. The molecule has 5 nitrogen and oxygen atoms in total. The van der Waals surface area contributed by atoms with Crippen LogP contribution >= 0.6 is 0 Å². The van der Waals surface area contributed by atoms with Crippen LogP contribution in [0.4, 0.5) is 0 Å². The van der Waals surface area contributed by atoms with Gasteiger partial charge in [-0.3, -0.25) is 4.90 Å². The van der Waals surface area contributed by atoms with Crippen LogP contribution in [0, 0.1) is 0 Å². The summed E-state index contributed by atoms with van der Waals surface area (Å²) in [6.07, 6.45) is 0.285. The van der Waals surface area contributed by atoms with Crippen molar-refractivity contribution in [2.45, 2.75) is 32.5 Å². The molecule has 0 bridgehead atoms. The van der Waals surface area contributed by atoms with Gasteiger partial charge >= 0.3 is 0 Å². The number of oxime groups is 1. The summed E-state index contributed by atoms with van der Waals surface area (Å²) in [6.45, 7) is 6.90. The Morgan fingerprint density at radius 1 is 1.42 bits per heavy atom. The molecular formula is C14H21N3O2. The van der Waals surface area contributed by atoms with Crippen LogP contribution in [0.15, 0.2) is 29.4 Å². The smallest absolute Gasteiger partial charge is 0.170 e. The van der Waals surface area contributed by atoms with Crippen LogP contribution < -0.4 is 5.73 Å². The van der Waals surface area contributed by atoms with Crippen molar-refractivity contribution < 1.29 is 9.94 Å². The first-order valence-corrected chi connectivity index (χ1v) is 6.52. The minimum absolute atomic E-state index is 0.139. The van der Waals surface area contributed by atoms with Gasteiger partial charge in [-0.2, -0.15) is 0 Å². The van der Waals surface area contributed by atoms with Gasteiger partial charge in [0.2, 0.25) is 0 Å². The lowest BCUT2D eigenvalue weighted by atomic mass is 10.1. The maximum Gasteiger partial charge on any atom is 0.170 e. The molecule has 1 aromatic rings. The second-order valence-electron chi connectivity index (χ2n) is 5.10. The van der Waals surface area contributed by atoms with Crippen LogP contribution in [0.3, 0.4) is 0 Å². The SMILES string of the molecule is CC1CN(Cc2ccc(/C(N)=N/O)cc2)C(C)CO1. The van der Waals surface area contributed by atoms with E-state index in [1.807, 2.05) is 24.3 Å². The standard InChI is InChI=1S/C14H21N3O2/c1-10-9-19-11(2)7-17(10)8-12-3-5-13(6-4-12)14(15)16-18/h3-6,10-11,18H,7-9H2,1-2H3,(H2,15,16). The van der Waals surface area contributed by atoms with Crippen LogP contribution in [0.2, 0.25) is 0 Å². The van der Waals surface area contributed by atoms with E-state index < -0.39 is 0 Å². The Kier molecular flexibility index (Phi) is 4.39. The van der Waals surface area contributed by atoms with Crippen LogP contribution in [-0.4, -0.2) is 41.2 Å². The maximum absolute atomic E-state index is 8.62. The van der Waals surface area contributed by atoms with Gasteiger partial charge in [0.15, 0.2) is 5.84 Å². The van der Waals surface area contributed by atoms with Crippen LogP contribution in [-0.2, 0) is 11.3 Å². The summed E-state index contributed by atoms with van der Waals surface area (Å²) in [5, 5.41) is 11.6. The third kappa shape index (κ3) is 3.45. The largest absolute Gasteiger partial charge is 0.409 e. The van der Waals surface area contributed by atoms with E-state index in [1.165, 1.54) is 5.56 Å². The highest BCUT2D eigenvalue weighted by Gasteiger charge is 2.23. The summed E-state index contributed by atoms with van der Waals surface area (Å²) >= 11 is 0. The van der Waals surface area contributed by atoms with Gasteiger partial charge in [-0.25, -0.2) is 0 Å². The third-order valence-corrected chi connectivity index (χ3v) is 3.48. The molecule has 19 heavy (non-hydrogen) atoms. The molecule has 0 aliphatic carbocycles. The summed E-state index contributed by atoms with van der Waals surface area (Å²) in [4.78, 5) is 2.41. The Morgan fingerprint density at radius 3 is 2.74 bits per heavy atom. The molecule has 1 aromatic carbocycles. The Morgan fingerprint density at radius 2 is 2.11 bits per heavy atom. The number of amidine groups is 1. The van der Waals surface area contributed by atoms with Crippen molar-refractivity contribution in [3.8, 4) is 0 Å². The molecule has 1 aliphatic rings. The second kappa shape index (κ2) is 6.04. The number of nitrogens with two attached hydrogens (primary N) is 1. The number of morpholine rings is 1. The lowest BCUT2D eigenvalue weighted by Gasteiger charge is -2.36. The first-order valence-electron chi connectivity index (χ1n) is 6.52. The summed E-state index contributed by atoms with van der Waals surface area (Å²) in [5.41, 5.74) is 7.49. The van der Waals surface area contributed by atoms with Gasteiger partial charge in [-0.1, -0.05) is 29.4 Å². The van der Waals surface area contributed by atoms with Crippen molar-refractivity contribution in [2.75, 3.05) is 13.2 Å². The second-order valence-corrected chi connectivity index (χ2v) is 5.10. The lowest BCUT2D eigenvalue weighted by molar-refractivity contribution is -0.0526. The van der Waals surface area contributed by atoms with Gasteiger partial charge < -0.3 is 15.7 Å². The molecule has 3 N–H and O–H groups in total. The normalized spacial score (nSPS) is 25.5. The molecule has 1 heterocycles. The van der Waals surface area contributed by atoms with Crippen LogP contribution in [0.5, 0.6) is 0 Å². The van der Waals surface area contributed by atoms with E-state index in [0.29, 0.717) is 6.04 Å². The minimum atomic E-state index is 0.139. The highest BCUT2D eigenvalue weighted by molar-refractivity contribution is 5.96. The van der Waals surface area contributed by atoms with E-state index in [2.05, 4.69) is 23.9 Å². The van der Waals surface area contributed by atoms with Gasteiger partial charge in [-0.15, -0.1) is 0 Å².